The van der Waals surface area contributed by atoms with E-state index in [1.54, 1.807) is 18.2 Å². The highest BCUT2D eigenvalue weighted by atomic mass is 32.2. The second-order valence-corrected chi connectivity index (χ2v) is 11.1. The number of benzene rings is 1. The molecule has 2 bridgehead atoms. The summed E-state index contributed by atoms with van der Waals surface area (Å²) in [4.78, 5) is 35.1. The van der Waals surface area contributed by atoms with Gasteiger partial charge in [0.05, 0.1) is 23.6 Å². The Hall–Kier alpha value is -2.76. The number of carbonyl (C=O) groups excluding carboxylic acids is 2. The molecule has 11 heteroatoms. The fourth-order valence-electron chi connectivity index (χ4n) is 4.90. The van der Waals surface area contributed by atoms with Gasteiger partial charge in [0.25, 0.3) is 0 Å². The number of ether oxygens (including phenoxy) is 2. The minimum atomic E-state index is -3.78. The molecule has 3 fully saturated rings. The van der Waals surface area contributed by atoms with Crippen molar-refractivity contribution in [2.24, 2.45) is 11.8 Å². The molecule has 6 unspecified atom stereocenters. The predicted molar refractivity (Wildman–Crippen MR) is 124 cm³/mol. The van der Waals surface area contributed by atoms with Crippen LogP contribution in [0.5, 0.6) is 0 Å². The number of fused-ring (bicyclic) bond motifs is 5. The van der Waals surface area contributed by atoms with Gasteiger partial charge in [-0.05, 0) is 37.3 Å². The summed E-state index contributed by atoms with van der Waals surface area (Å²) >= 11 is 0. The molecule has 0 saturated carbocycles. The molecule has 1 aromatic carbocycles. The third kappa shape index (κ3) is 6.28. The third-order valence-electron chi connectivity index (χ3n) is 6.66. The maximum atomic E-state index is 12.3. The summed E-state index contributed by atoms with van der Waals surface area (Å²) in [5.41, 5.74) is 0. The largest absolute Gasteiger partial charge is 0.481 e. The molecule has 2 amide bonds. The van der Waals surface area contributed by atoms with Crippen LogP contribution in [0.2, 0.25) is 0 Å². The van der Waals surface area contributed by atoms with E-state index in [1.165, 1.54) is 12.1 Å². The molecular weight excluding hydrogens is 476 g/mol. The van der Waals surface area contributed by atoms with Crippen molar-refractivity contribution in [2.45, 2.75) is 55.0 Å². The fourth-order valence-corrected chi connectivity index (χ4v) is 6.09. The van der Waals surface area contributed by atoms with E-state index in [2.05, 4.69) is 10.6 Å². The summed E-state index contributed by atoms with van der Waals surface area (Å²) in [7, 11) is -3.78. The SMILES string of the molecule is O=C(O)CCC/C=C\CC1C(CNC(=O)CNC(=O)CS(=O)(=O)c2ccccc2)C2OC1C1OC21. The van der Waals surface area contributed by atoms with Gasteiger partial charge < -0.3 is 25.2 Å². The molecule has 3 aliphatic heterocycles. The highest BCUT2D eigenvalue weighted by Crippen LogP contribution is 2.54. The van der Waals surface area contributed by atoms with E-state index in [0.717, 1.165) is 6.42 Å². The summed E-state index contributed by atoms with van der Waals surface area (Å²) in [5, 5.41) is 13.9. The zero-order valence-corrected chi connectivity index (χ0v) is 20.0. The van der Waals surface area contributed by atoms with E-state index in [9.17, 15) is 22.8 Å². The number of nitrogens with one attached hydrogen (secondary N) is 2. The third-order valence-corrected chi connectivity index (χ3v) is 8.29. The fraction of sp³-hybridized carbons (Fsp3) is 0.542. The molecule has 4 rings (SSSR count). The van der Waals surface area contributed by atoms with Crippen LogP contribution in [-0.2, 0) is 33.7 Å². The Morgan fingerprint density at radius 1 is 0.914 bits per heavy atom. The van der Waals surface area contributed by atoms with Crippen LogP contribution in [0.15, 0.2) is 47.4 Å². The number of carboxylic acid groups (broad SMARTS) is 1. The molecular formula is C24H30N2O8S. The normalized spacial score (nSPS) is 28.6. The molecule has 6 atom stereocenters. The summed E-state index contributed by atoms with van der Waals surface area (Å²) in [6.07, 6.45) is 6.27. The second-order valence-electron chi connectivity index (χ2n) is 9.10. The highest BCUT2D eigenvalue weighted by Gasteiger charge is 2.68. The maximum absolute atomic E-state index is 12.3. The van der Waals surface area contributed by atoms with Crippen molar-refractivity contribution in [1.29, 1.82) is 0 Å². The molecule has 3 N–H and O–H groups in total. The standard InChI is InChI=1S/C24H30N2O8S/c27-18(13-26-19(28)14-35(31,32)15-8-4-3-5-9-15)25-12-17-16(10-6-1-2-7-11-20(29)30)21-23-24(34-23)22(17)33-21/h1,3-6,8-9,16-17,21-24H,2,7,10-14H2,(H,25,27)(H,26,28)(H,29,30)/b6-1-. The van der Waals surface area contributed by atoms with Gasteiger partial charge in [0.2, 0.25) is 11.8 Å². The van der Waals surface area contributed by atoms with Crippen molar-refractivity contribution >= 4 is 27.6 Å². The van der Waals surface area contributed by atoms with E-state index < -0.39 is 33.4 Å². The topological polar surface area (TPSA) is 151 Å². The van der Waals surface area contributed by atoms with Crippen LogP contribution in [-0.4, -0.2) is 74.6 Å². The number of rotatable bonds is 13. The number of carboxylic acids is 1. The first-order valence-corrected chi connectivity index (χ1v) is 13.4. The molecule has 190 valence electrons. The summed E-state index contributed by atoms with van der Waals surface area (Å²) in [5.74, 6) is -2.45. The molecule has 1 aromatic rings. The number of aliphatic carboxylic acids is 1. The van der Waals surface area contributed by atoms with Gasteiger partial charge in [-0.25, -0.2) is 8.42 Å². The Labute approximate surface area is 204 Å². The van der Waals surface area contributed by atoms with Crippen LogP contribution >= 0.6 is 0 Å². The minimum absolute atomic E-state index is 0.0153. The van der Waals surface area contributed by atoms with Gasteiger partial charge in [-0.15, -0.1) is 0 Å². The van der Waals surface area contributed by atoms with Crippen LogP contribution in [0.25, 0.3) is 0 Å². The highest BCUT2D eigenvalue weighted by molar-refractivity contribution is 7.92. The Kier molecular flexibility index (Phi) is 7.88. The average molecular weight is 507 g/mol. The first-order chi connectivity index (χ1) is 16.8. The molecule has 35 heavy (non-hydrogen) atoms. The van der Waals surface area contributed by atoms with Crippen molar-refractivity contribution in [1.82, 2.24) is 10.6 Å². The van der Waals surface area contributed by atoms with Crippen molar-refractivity contribution in [3.05, 3.63) is 42.5 Å². The van der Waals surface area contributed by atoms with Gasteiger partial charge in [0, 0.05) is 18.9 Å². The Balaban J connectivity index is 1.21. The Morgan fingerprint density at radius 3 is 2.31 bits per heavy atom. The number of hydrogen-bond acceptors (Lipinski definition) is 7. The van der Waals surface area contributed by atoms with Gasteiger partial charge >= 0.3 is 5.97 Å². The van der Waals surface area contributed by atoms with E-state index in [-0.39, 0.29) is 54.1 Å². The predicted octanol–water partition coefficient (Wildman–Crippen LogP) is 0.675. The number of unbranched alkanes of at least 4 members (excludes halogenated alkanes) is 1. The van der Waals surface area contributed by atoms with E-state index in [1.807, 2.05) is 12.2 Å². The average Bonchev–Trinajstić information content (AvgIpc) is 3.45. The smallest absolute Gasteiger partial charge is 0.303 e. The maximum Gasteiger partial charge on any atom is 0.303 e. The van der Waals surface area contributed by atoms with E-state index in [4.69, 9.17) is 14.6 Å². The van der Waals surface area contributed by atoms with Gasteiger partial charge in [-0.2, -0.15) is 0 Å². The second kappa shape index (κ2) is 10.9. The molecule has 0 aromatic heterocycles. The zero-order chi connectivity index (χ0) is 25.0. The molecule has 10 nitrogen and oxygen atoms in total. The van der Waals surface area contributed by atoms with Crippen LogP contribution < -0.4 is 10.6 Å². The number of hydrogen-bond donors (Lipinski definition) is 3. The van der Waals surface area contributed by atoms with Crippen molar-refractivity contribution in [3.8, 4) is 0 Å². The van der Waals surface area contributed by atoms with Crippen LogP contribution in [0, 0.1) is 11.8 Å². The lowest BCUT2D eigenvalue weighted by Crippen LogP contribution is -2.44. The molecule has 3 saturated heterocycles. The molecule has 3 heterocycles. The van der Waals surface area contributed by atoms with Crippen molar-refractivity contribution < 1.29 is 37.4 Å². The summed E-state index contributed by atoms with van der Waals surface area (Å²) in [6.45, 7) is 0.0454. The lowest BCUT2D eigenvalue weighted by Gasteiger charge is -2.25. The first kappa shape index (κ1) is 25.3. The first-order valence-electron chi connectivity index (χ1n) is 11.7. The number of epoxide rings is 1. The lowest BCUT2D eigenvalue weighted by atomic mass is 9.77. The van der Waals surface area contributed by atoms with E-state index >= 15 is 0 Å². The molecule has 3 aliphatic rings. The van der Waals surface area contributed by atoms with Crippen molar-refractivity contribution in [2.75, 3.05) is 18.8 Å². The van der Waals surface area contributed by atoms with E-state index in [0.29, 0.717) is 19.4 Å². The number of sulfone groups is 1. The van der Waals surface area contributed by atoms with Crippen LogP contribution in [0.1, 0.15) is 25.7 Å². The summed E-state index contributed by atoms with van der Waals surface area (Å²) < 4.78 is 36.3. The molecule has 0 aliphatic carbocycles. The Bertz CT molecular complexity index is 1070. The monoisotopic (exact) mass is 506 g/mol. The van der Waals surface area contributed by atoms with Gasteiger partial charge in [-0.3, -0.25) is 14.4 Å². The quantitative estimate of drug-likeness (QED) is 0.201. The van der Waals surface area contributed by atoms with Crippen molar-refractivity contribution in [3.63, 3.8) is 0 Å². The lowest BCUT2D eigenvalue weighted by molar-refractivity contribution is -0.137. The number of carbonyl (C=O) groups is 3. The zero-order valence-electron chi connectivity index (χ0n) is 19.2. The molecule has 0 spiro atoms. The number of amides is 2. The van der Waals surface area contributed by atoms with Gasteiger partial charge in [0.15, 0.2) is 9.84 Å². The summed E-state index contributed by atoms with van der Waals surface area (Å²) in [6, 6.07) is 7.68. The van der Waals surface area contributed by atoms with Crippen LogP contribution in [0.3, 0.4) is 0 Å². The number of allylic oxidation sites excluding steroid dienone is 2. The Morgan fingerprint density at radius 2 is 1.60 bits per heavy atom. The van der Waals surface area contributed by atoms with Crippen LogP contribution in [0.4, 0.5) is 0 Å². The van der Waals surface area contributed by atoms with Gasteiger partial charge in [0.1, 0.15) is 18.0 Å². The van der Waals surface area contributed by atoms with Gasteiger partial charge in [-0.1, -0.05) is 30.4 Å². The molecule has 0 radical (unpaired) electrons. The minimum Gasteiger partial charge on any atom is -0.481 e.